The standard InChI is InChI=1S/C11H12BrN5O2S2/c1-4-7(12)8(17-16-4)9(19)15-11-14-5(2)10(21-11)20-3-6(13)18/h3H2,1-2H3,(H2,13,18)(H,16,17)(H,14,15,19). The number of rotatable bonds is 5. The average Bonchev–Trinajstić information content (AvgIpc) is 2.91. The molecule has 4 N–H and O–H groups in total. The second kappa shape index (κ2) is 6.58. The van der Waals surface area contributed by atoms with Crippen LogP contribution >= 0.6 is 39.0 Å². The molecule has 0 bridgehead atoms. The molecule has 0 fully saturated rings. The summed E-state index contributed by atoms with van der Waals surface area (Å²) in [7, 11) is 0. The SMILES string of the molecule is Cc1nc(NC(=O)c2n[nH]c(C)c2Br)sc1SCC(N)=O. The summed E-state index contributed by atoms with van der Waals surface area (Å²) in [6.07, 6.45) is 0. The molecular formula is C11H12BrN5O2S2. The molecule has 0 spiro atoms. The summed E-state index contributed by atoms with van der Waals surface area (Å²) < 4.78 is 1.47. The van der Waals surface area contributed by atoms with Gasteiger partial charge in [-0.15, -0.1) is 11.8 Å². The third kappa shape index (κ3) is 3.83. The molecule has 0 saturated carbocycles. The summed E-state index contributed by atoms with van der Waals surface area (Å²) in [4.78, 5) is 27.1. The molecule has 2 amide bonds. The molecule has 0 unspecified atom stereocenters. The molecule has 0 aliphatic heterocycles. The first-order valence-electron chi connectivity index (χ1n) is 5.78. The first-order chi connectivity index (χ1) is 9.88. The minimum Gasteiger partial charge on any atom is -0.369 e. The fourth-order valence-electron chi connectivity index (χ4n) is 1.43. The van der Waals surface area contributed by atoms with Crippen molar-refractivity contribution in [3.8, 4) is 0 Å². The molecule has 21 heavy (non-hydrogen) atoms. The van der Waals surface area contributed by atoms with E-state index in [4.69, 9.17) is 5.73 Å². The number of hydrogen-bond donors (Lipinski definition) is 3. The molecule has 2 rings (SSSR count). The van der Waals surface area contributed by atoms with E-state index in [1.807, 2.05) is 6.92 Å². The van der Waals surface area contributed by atoms with E-state index in [0.29, 0.717) is 9.60 Å². The van der Waals surface area contributed by atoms with Gasteiger partial charge < -0.3 is 5.73 Å². The number of carbonyl (C=O) groups is 2. The highest BCUT2D eigenvalue weighted by atomic mass is 79.9. The van der Waals surface area contributed by atoms with Crippen molar-refractivity contribution in [2.75, 3.05) is 11.1 Å². The average molecular weight is 390 g/mol. The second-order valence-corrected chi connectivity index (χ2v) is 7.15. The van der Waals surface area contributed by atoms with Gasteiger partial charge in [0, 0.05) is 5.69 Å². The number of aryl methyl sites for hydroxylation is 2. The lowest BCUT2D eigenvalue weighted by Gasteiger charge is -1.98. The van der Waals surface area contributed by atoms with E-state index in [0.717, 1.165) is 15.6 Å². The number of hydrogen-bond acceptors (Lipinski definition) is 6. The Kier molecular flexibility index (Phi) is 5.01. The summed E-state index contributed by atoms with van der Waals surface area (Å²) in [5.41, 5.74) is 6.90. The van der Waals surface area contributed by atoms with Crippen LogP contribution in [0.5, 0.6) is 0 Å². The number of halogens is 1. The number of aromatic amines is 1. The topological polar surface area (TPSA) is 114 Å². The fraction of sp³-hybridized carbons (Fsp3) is 0.273. The highest BCUT2D eigenvalue weighted by molar-refractivity contribution is 9.10. The van der Waals surface area contributed by atoms with Crippen LogP contribution in [-0.4, -0.2) is 32.7 Å². The molecule has 2 aromatic heterocycles. The number of carbonyl (C=O) groups excluding carboxylic acids is 2. The number of nitrogens with one attached hydrogen (secondary N) is 2. The van der Waals surface area contributed by atoms with Crippen molar-refractivity contribution in [3.63, 3.8) is 0 Å². The lowest BCUT2D eigenvalue weighted by atomic mass is 10.3. The van der Waals surface area contributed by atoms with Gasteiger partial charge >= 0.3 is 0 Å². The predicted octanol–water partition coefficient (Wildman–Crippen LogP) is 2.08. The van der Waals surface area contributed by atoms with Crippen molar-refractivity contribution >= 4 is 56.0 Å². The Balaban J connectivity index is 2.09. The van der Waals surface area contributed by atoms with Crippen molar-refractivity contribution in [2.45, 2.75) is 18.1 Å². The van der Waals surface area contributed by atoms with Gasteiger partial charge in [-0.2, -0.15) is 5.10 Å². The smallest absolute Gasteiger partial charge is 0.279 e. The maximum Gasteiger partial charge on any atom is 0.279 e. The van der Waals surface area contributed by atoms with Gasteiger partial charge in [-0.05, 0) is 29.8 Å². The van der Waals surface area contributed by atoms with Crippen LogP contribution in [0.15, 0.2) is 8.68 Å². The first kappa shape index (κ1) is 16.0. The number of thiazole rings is 1. The number of amides is 2. The van der Waals surface area contributed by atoms with Crippen LogP contribution < -0.4 is 11.1 Å². The molecule has 2 aromatic rings. The van der Waals surface area contributed by atoms with E-state index in [9.17, 15) is 9.59 Å². The van der Waals surface area contributed by atoms with Crippen LogP contribution in [0, 0.1) is 13.8 Å². The number of aromatic nitrogens is 3. The monoisotopic (exact) mass is 389 g/mol. The van der Waals surface area contributed by atoms with Gasteiger partial charge in [0.1, 0.15) is 0 Å². The Morgan fingerprint density at radius 3 is 2.76 bits per heavy atom. The van der Waals surface area contributed by atoms with Gasteiger partial charge in [0.15, 0.2) is 10.8 Å². The largest absolute Gasteiger partial charge is 0.369 e. The normalized spacial score (nSPS) is 10.6. The Morgan fingerprint density at radius 2 is 2.19 bits per heavy atom. The van der Waals surface area contributed by atoms with Crippen LogP contribution in [0.1, 0.15) is 21.9 Å². The van der Waals surface area contributed by atoms with Crippen molar-refractivity contribution < 1.29 is 9.59 Å². The Labute approximate surface area is 137 Å². The van der Waals surface area contributed by atoms with E-state index in [2.05, 4.69) is 36.4 Å². The highest BCUT2D eigenvalue weighted by Gasteiger charge is 2.18. The number of thioether (sulfide) groups is 1. The number of nitrogens with zero attached hydrogens (tertiary/aromatic N) is 2. The minimum absolute atomic E-state index is 0.181. The maximum atomic E-state index is 12.1. The zero-order chi connectivity index (χ0) is 15.6. The molecule has 112 valence electrons. The summed E-state index contributed by atoms with van der Waals surface area (Å²) in [5, 5.41) is 9.79. The van der Waals surface area contributed by atoms with Gasteiger partial charge in [-0.3, -0.25) is 20.0 Å². The summed E-state index contributed by atoms with van der Waals surface area (Å²) in [6, 6.07) is 0. The highest BCUT2D eigenvalue weighted by Crippen LogP contribution is 2.32. The third-order valence-corrected chi connectivity index (χ3v) is 5.84. The third-order valence-electron chi connectivity index (χ3n) is 2.41. The molecule has 0 radical (unpaired) electrons. The Hall–Kier alpha value is -1.39. The Morgan fingerprint density at radius 1 is 1.48 bits per heavy atom. The Bertz CT molecular complexity index is 697. The maximum absolute atomic E-state index is 12.1. The van der Waals surface area contributed by atoms with E-state index >= 15 is 0 Å². The molecule has 0 saturated heterocycles. The number of primary amides is 1. The van der Waals surface area contributed by atoms with Crippen molar-refractivity contribution in [3.05, 3.63) is 21.6 Å². The van der Waals surface area contributed by atoms with E-state index in [-0.39, 0.29) is 17.4 Å². The van der Waals surface area contributed by atoms with Gasteiger partial charge in [0.25, 0.3) is 5.91 Å². The van der Waals surface area contributed by atoms with Gasteiger partial charge in [-0.25, -0.2) is 4.98 Å². The minimum atomic E-state index is -0.394. The van der Waals surface area contributed by atoms with Crippen LogP contribution in [-0.2, 0) is 4.79 Å². The first-order valence-corrected chi connectivity index (χ1v) is 8.38. The van der Waals surface area contributed by atoms with Crippen LogP contribution in [0.25, 0.3) is 0 Å². The second-order valence-electron chi connectivity index (χ2n) is 4.11. The van der Waals surface area contributed by atoms with E-state index in [1.54, 1.807) is 6.92 Å². The van der Waals surface area contributed by atoms with Crippen molar-refractivity contribution in [2.24, 2.45) is 5.73 Å². The molecule has 0 aliphatic carbocycles. The summed E-state index contributed by atoms with van der Waals surface area (Å²) in [6.45, 7) is 3.62. The van der Waals surface area contributed by atoms with Gasteiger partial charge in [0.2, 0.25) is 5.91 Å². The lowest BCUT2D eigenvalue weighted by Crippen LogP contribution is -2.12. The van der Waals surface area contributed by atoms with Crippen molar-refractivity contribution in [1.82, 2.24) is 15.2 Å². The molecule has 10 heteroatoms. The zero-order valence-corrected chi connectivity index (χ0v) is 14.4. The van der Waals surface area contributed by atoms with Gasteiger partial charge in [-0.1, -0.05) is 11.3 Å². The molecule has 2 heterocycles. The van der Waals surface area contributed by atoms with Gasteiger partial charge in [0.05, 0.1) is 20.1 Å². The van der Waals surface area contributed by atoms with E-state index in [1.165, 1.54) is 23.1 Å². The number of anilines is 1. The summed E-state index contributed by atoms with van der Waals surface area (Å²) in [5.74, 6) is -0.568. The van der Waals surface area contributed by atoms with Crippen molar-refractivity contribution in [1.29, 1.82) is 0 Å². The molecule has 0 atom stereocenters. The quantitative estimate of drug-likeness (QED) is 0.677. The summed E-state index contributed by atoms with van der Waals surface area (Å²) >= 11 is 5.90. The number of nitrogens with two attached hydrogens (primary N) is 1. The lowest BCUT2D eigenvalue weighted by molar-refractivity contribution is -0.115. The predicted molar refractivity (Wildman–Crippen MR) is 85.7 cm³/mol. The van der Waals surface area contributed by atoms with Crippen LogP contribution in [0.4, 0.5) is 5.13 Å². The zero-order valence-electron chi connectivity index (χ0n) is 11.2. The number of H-pyrrole nitrogens is 1. The molecule has 7 nitrogen and oxygen atoms in total. The molecule has 0 aliphatic rings. The van der Waals surface area contributed by atoms with E-state index < -0.39 is 5.91 Å². The fourth-order valence-corrected chi connectivity index (χ4v) is 3.66. The van der Waals surface area contributed by atoms with Crippen LogP contribution in [0.3, 0.4) is 0 Å². The molecular weight excluding hydrogens is 378 g/mol. The molecule has 0 aromatic carbocycles. The van der Waals surface area contributed by atoms with Crippen LogP contribution in [0.2, 0.25) is 0 Å².